The van der Waals surface area contributed by atoms with E-state index in [1.165, 1.54) is 0 Å². The van der Waals surface area contributed by atoms with Crippen LogP contribution >= 0.6 is 11.6 Å². The minimum atomic E-state index is -0.524. The lowest BCUT2D eigenvalue weighted by Crippen LogP contribution is -2.10. The molecule has 1 aromatic heterocycles. The average molecular weight is 168 g/mol. The summed E-state index contributed by atoms with van der Waals surface area (Å²) < 4.78 is 0.714. The number of nitrogens with zero attached hydrogens (tertiary/aromatic N) is 1. The quantitative estimate of drug-likeness (QED) is 0.444. The molecule has 48 valence electrons. The van der Waals surface area contributed by atoms with Crippen LogP contribution < -0.4 is 4.56 Å². The van der Waals surface area contributed by atoms with Crippen LogP contribution in [0.4, 0.5) is 0 Å². The molecule has 2 nitrogen and oxygen atoms in total. The first-order chi connectivity index (χ1) is 4.70. The van der Waals surface area contributed by atoms with Crippen LogP contribution in [0.15, 0.2) is 18.2 Å². The van der Waals surface area contributed by atoms with Crippen molar-refractivity contribution in [3.63, 3.8) is 0 Å². The number of carbonyl (C=O) groups excluding carboxylic acids is 1. The number of pyridine rings is 1. The maximum absolute atomic E-state index is 10.5. The predicted octanol–water partition coefficient (Wildman–Crippen LogP) is 0.254. The summed E-state index contributed by atoms with van der Waals surface area (Å²) in [6.07, 6.45) is 0. The van der Waals surface area contributed by atoms with Crippen LogP contribution in [0, 0.1) is 0 Å². The van der Waals surface area contributed by atoms with Crippen molar-refractivity contribution in [1.82, 2.24) is 4.98 Å². The van der Waals surface area contributed by atoms with Gasteiger partial charge < -0.3 is 0 Å². The zero-order valence-electron chi connectivity index (χ0n) is 5.04. The van der Waals surface area contributed by atoms with E-state index in [0.717, 1.165) is 0 Å². The van der Waals surface area contributed by atoms with Crippen LogP contribution in [0.1, 0.15) is 10.5 Å². The van der Waals surface area contributed by atoms with Crippen LogP contribution in [0.25, 0.3) is 0 Å². The molecule has 1 aromatic rings. The van der Waals surface area contributed by atoms with Crippen LogP contribution in [-0.4, -0.2) is 26.5 Å². The van der Waals surface area contributed by atoms with E-state index in [-0.39, 0.29) is 5.69 Å². The van der Waals surface area contributed by atoms with Crippen molar-refractivity contribution in [2.75, 3.05) is 0 Å². The standard InChI is InChI=1S/C6H3ClNO.Al/c7-6(9)5-3-1-2-4-8-5;/h1-3H;. The third-order valence-corrected chi connectivity index (χ3v) is 1.49. The molecular formula is C6H3AlClNO. The van der Waals surface area contributed by atoms with Gasteiger partial charge >= 0.3 is 0 Å². The Bertz CT molecular complexity index is 264. The minimum absolute atomic E-state index is 0.286. The Hall–Kier alpha value is -0.358. The van der Waals surface area contributed by atoms with Gasteiger partial charge in [0.05, 0.1) is 0 Å². The van der Waals surface area contributed by atoms with Gasteiger partial charge in [0.15, 0.2) is 0 Å². The Morgan fingerprint density at radius 3 is 2.70 bits per heavy atom. The molecule has 0 fully saturated rings. The summed E-state index contributed by atoms with van der Waals surface area (Å²) in [7, 11) is 0. The molecule has 0 bridgehead atoms. The third kappa shape index (κ3) is 1.81. The normalized spacial score (nSPS) is 9.30. The molecule has 1 heterocycles. The molecule has 0 atom stereocenters. The summed E-state index contributed by atoms with van der Waals surface area (Å²) in [5.41, 5.74) is 0.286. The fraction of sp³-hybridized carbons (Fsp3) is 0. The van der Waals surface area contributed by atoms with E-state index in [1.807, 2.05) is 0 Å². The molecule has 0 aliphatic rings. The monoisotopic (exact) mass is 167 g/mol. The molecular weight excluding hydrogens is 165 g/mol. The first kappa shape index (κ1) is 7.75. The Balaban J connectivity index is 3.07. The summed E-state index contributed by atoms with van der Waals surface area (Å²) in [6.45, 7) is 0. The molecule has 0 aliphatic carbocycles. The number of hydrogen-bond donors (Lipinski definition) is 0. The largest absolute Gasteiger partial charge is 0.274 e. The molecule has 0 spiro atoms. The molecule has 2 radical (unpaired) electrons. The lowest BCUT2D eigenvalue weighted by Gasteiger charge is -1.93. The number of hydrogen-bond acceptors (Lipinski definition) is 2. The second-order valence-corrected chi connectivity index (χ2v) is 2.66. The highest BCUT2D eigenvalue weighted by molar-refractivity contribution is 6.67. The van der Waals surface area contributed by atoms with Crippen molar-refractivity contribution in [1.29, 1.82) is 0 Å². The van der Waals surface area contributed by atoms with Gasteiger partial charge in [-0.1, -0.05) is 16.7 Å². The zero-order valence-corrected chi connectivity index (χ0v) is 6.95. The van der Waals surface area contributed by atoms with Crippen molar-refractivity contribution in [3.05, 3.63) is 23.9 Å². The Labute approximate surface area is 71.6 Å². The molecule has 0 aromatic carbocycles. The van der Waals surface area contributed by atoms with Gasteiger partial charge in [-0.2, -0.15) is 0 Å². The molecule has 1 rings (SSSR count). The molecule has 0 saturated carbocycles. The highest BCUT2D eigenvalue weighted by Crippen LogP contribution is 1.95. The Morgan fingerprint density at radius 1 is 1.60 bits per heavy atom. The highest BCUT2D eigenvalue weighted by atomic mass is 35.5. The third-order valence-electron chi connectivity index (χ3n) is 0.972. The lowest BCUT2D eigenvalue weighted by atomic mass is 10.4. The van der Waals surface area contributed by atoms with Crippen molar-refractivity contribution < 1.29 is 4.79 Å². The van der Waals surface area contributed by atoms with Gasteiger partial charge in [-0.05, 0) is 17.7 Å². The summed E-state index contributed by atoms with van der Waals surface area (Å²) in [6, 6.07) is 5.07. The van der Waals surface area contributed by atoms with Crippen LogP contribution in [0.5, 0.6) is 0 Å². The van der Waals surface area contributed by atoms with Gasteiger partial charge in [0.1, 0.15) is 5.69 Å². The SMILES string of the molecule is O=C(Cl)c1ccc[c]([Al])n1. The van der Waals surface area contributed by atoms with Gasteiger partial charge in [0.2, 0.25) is 16.3 Å². The van der Waals surface area contributed by atoms with Crippen LogP contribution in [-0.2, 0) is 0 Å². The fourth-order valence-corrected chi connectivity index (χ4v) is 0.916. The molecule has 0 saturated heterocycles. The highest BCUT2D eigenvalue weighted by Gasteiger charge is 2.00. The number of aromatic nitrogens is 1. The van der Waals surface area contributed by atoms with E-state index < -0.39 is 5.24 Å². The fourth-order valence-electron chi connectivity index (χ4n) is 0.561. The molecule has 10 heavy (non-hydrogen) atoms. The van der Waals surface area contributed by atoms with E-state index in [1.54, 1.807) is 18.2 Å². The van der Waals surface area contributed by atoms with Gasteiger partial charge in [-0.15, -0.1) is 0 Å². The summed E-state index contributed by atoms with van der Waals surface area (Å²) in [4.78, 5) is 14.3. The average Bonchev–Trinajstić information content (AvgIpc) is 1.88. The van der Waals surface area contributed by atoms with Gasteiger partial charge in [-0.25, -0.2) is 0 Å². The van der Waals surface area contributed by atoms with Gasteiger partial charge in [-0.3, -0.25) is 9.78 Å². The zero-order chi connectivity index (χ0) is 7.56. The minimum Gasteiger partial charge on any atom is -0.274 e. The Kier molecular flexibility index (Phi) is 2.45. The molecule has 4 heteroatoms. The first-order valence-corrected chi connectivity index (χ1v) is 3.58. The van der Waals surface area contributed by atoms with Gasteiger partial charge in [0, 0.05) is 0 Å². The maximum atomic E-state index is 10.5. The first-order valence-electron chi connectivity index (χ1n) is 2.62. The number of halogens is 1. The molecule has 0 aliphatic heterocycles. The summed E-state index contributed by atoms with van der Waals surface area (Å²) in [5, 5.41) is -0.524. The molecule has 0 unspecified atom stereocenters. The van der Waals surface area contributed by atoms with E-state index in [4.69, 9.17) is 11.6 Å². The Morgan fingerprint density at radius 2 is 2.30 bits per heavy atom. The second kappa shape index (κ2) is 3.16. The van der Waals surface area contributed by atoms with Crippen molar-refractivity contribution in [2.45, 2.75) is 0 Å². The van der Waals surface area contributed by atoms with Crippen LogP contribution in [0.2, 0.25) is 0 Å². The predicted molar refractivity (Wildman–Crippen MR) is 39.8 cm³/mol. The smallest absolute Gasteiger partial charge is 0.270 e. The second-order valence-electron chi connectivity index (χ2n) is 1.72. The summed E-state index contributed by atoms with van der Waals surface area (Å²) >= 11 is 7.55. The van der Waals surface area contributed by atoms with Crippen molar-refractivity contribution in [2.24, 2.45) is 0 Å². The van der Waals surface area contributed by atoms with Crippen molar-refractivity contribution in [3.8, 4) is 0 Å². The van der Waals surface area contributed by atoms with E-state index in [0.29, 0.717) is 4.56 Å². The van der Waals surface area contributed by atoms with Crippen LogP contribution in [0.3, 0.4) is 0 Å². The maximum Gasteiger partial charge on any atom is 0.270 e. The van der Waals surface area contributed by atoms with E-state index in [9.17, 15) is 4.79 Å². The van der Waals surface area contributed by atoms with Crippen molar-refractivity contribution >= 4 is 37.7 Å². The van der Waals surface area contributed by atoms with E-state index in [2.05, 4.69) is 21.3 Å². The lowest BCUT2D eigenvalue weighted by molar-refractivity contribution is 0.107. The van der Waals surface area contributed by atoms with Gasteiger partial charge in [0.25, 0.3) is 5.24 Å². The summed E-state index contributed by atoms with van der Waals surface area (Å²) in [5.74, 6) is 0. The molecule has 0 amide bonds. The number of rotatable bonds is 1. The van der Waals surface area contributed by atoms with E-state index >= 15 is 0 Å². The number of carbonyl (C=O) groups is 1. The topological polar surface area (TPSA) is 30.0 Å². The molecule has 0 N–H and O–H groups in total.